The number of benzene rings is 1. The Bertz CT molecular complexity index is 537. The van der Waals surface area contributed by atoms with Crippen LogP contribution >= 0.6 is 11.6 Å². The molecule has 0 aromatic heterocycles. The minimum atomic E-state index is -0.539. The van der Waals surface area contributed by atoms with Gasteiger partial charge in [-0.25, -0.2) is 0 Å². The maximum absolute atomic E-state index is 11.8. The SMILES string of the molecule is CCCCCC[C@@H](C)NC(=O)COc1ccc([N+](=O)[O-])cc1Cl. The highest BCUT2D eigenvalue weighted by molar-refractivity contribution is 6.32. The summed E-state index contributed by atoms with van der Waals surface area (Å²) in [6.45, 7) is 3.95. The zero-order valence-electron chi connectivity index (χ0n) is 13.5. The Labute approximate surface area is 141 Å². The molecule has 7 heteroatoms. The van der Waals surface area contributed by atoms with E-state index in [-0.39, 0.29) is 35.0 Å². The number of nitrogens with zero attached hydrogens (tertiary/aromatic N) is 1. The minimum Gasteiger partial charge on any atom is -0.482 e. The molecular formula is C16H23ClN2O4. The van der Waals surface area contributed by atoms with E-state index in [1.807, 2.05) is 6.92 Å². The first kappa shape index (κ1) is 19.2. The molecule has 128 valence electrons. The van der Waals surface area contributed by atoms with Gasteiger partial charge in [0.2, 0.25) is 0 Å². The summed E-state index contributed by atoms with van der Waals surface area (Å²) < 4.78 is 5.31. The van der Waals surface area contributed by atoms with Crippen LogP contribution in [0.25, 0.3) is 0 Å². The number of nitrogens with one attached hydrogen (secondary N) is 1. The van der Waals surface area contributed by atoms with Gasteiger partial charge in [0, 0.05) is 18.2 Å². The molecule has 0 aliphatic carbocycles. The lowest BCUT2D eigenvalue weighted by atomic mass is 10.1. The predicted octanol–water partition coefficient (Wildman–Crippen LogP) is 4.10. The number of unbranched alkanes of at least 4 members (excludes halogenated alkanes) is 3. The highest BCUT2D eigenvalue weighted by atomic mass is 35.5. The lowest BCUT2D eigenvalue weighted by Crippen LogP contribution is -2.36. The summed E-state index contributed by atoms with van der Waals surface area (Å²) in [7, 11) is 0. The summed E-state index contributed by atoms with van der Waals surface area (Å²) in [5.41, 5.74) is -0.118. The van der Waals surface area contributed by atoms with Crippen molar-refractivity contribution in [3.05, 3.63) is 33.3 Å². The van der Waals surface area contributed by atoms with Gasteiger partial charge in [-0.15, -0.1) is 0 Å². The minimum absolute atomic E-state index is 0.0929. The number of amides is 1. The predicted molar refractivity (Wildman–Crippen MR) is 90.0 cm³/mol. The van der Waals surface area contributed by atoms with E-state index in [0.29, 0.717) is 0 Å². The number of halogens is 1. The highest BCUT2D eigenvalue weighted by Gasteiger charge is 2.12. The van der Waals surface area contributed by atoms with Gasteiger partial charge in [0.15, 0.2) is 6.61 Å². The molecule has 0 aliphatic rings. The third kappa shape index (κ3) is 7.32. The number of carbonyl (C=O) groups excluding carboxylic acids is 1. The first-order valence-corrected chi connectivity index (χ1v) is 8.18. The summed E-state index contributed by atoms with van der Waals surface area (Å²) >= 11 is 5.90. The Morgan fingerprint density at radius 2 is 2.13 bits per heavy atom. The molecule has 1 N–H and O–H groups in total. The van der Waals surface area contributed by atoms with Crippen molar-refractivity contribution >= 4 is 23.2 Å². The Morgan fingerprint density at radius 3 is 2.74 bits per heavy atom. The van der Waals surface area contributed by atoms with Crippen molar-refractivity contribution in [3.63, 3.8) is 0 Å². The van der Waals surface area contributed by atoms with Gasteiger partial charge in [-0.3, -0.25) is 14.9 Å². The van der Waals surface area contributed by atoms with Crippen molar-refractivity contribution < 1.29 is 14.5 Å². The molecule has 0 saturated carbocycles. The molecule has 0 saturated heterocycles. The van der Waals surface area contributed by atoms with E-state index < -0.39 is 4.92 Å². The molecule has 0 radical (unpaired) electrons. The van der Waals surface area contributed by atoms with Crippen LogP contribution in [0.1, 0.15) is 46.0 Å². The Balaban J connectivity index is 2.37. The van der Waals surface area contributed by atoms with Crippen LogP contribution < -0.4 is 10.1 Å². The number of hydrogen-bond donors (Lipinski definition) is 1. The molecule has 0 spiro atoms. The van der Waals surface area contributed by atoms with Gasteiger partial charge in [0.05, 0.1) is 9.95 Å². The largest absolute Gasteiger partial charge is 0.482 e. The van der Waals surface area contributed by atoms with E-state index in [2.05, 4.69) is 12.2 Å². The second-order valence-corrected chi connectivity index (χ2v) is 5.89. The van der Waals surface area contributed by atoms with Crippen molar-refractivity contribution in [2.75, 3.05) is 6.61 Å². The van der Waals surface area contributed by atoms with E-state index in [1.54, 1.807) is 0 Å². The number of ether oxygens (including phenoxy) is 1. The molecule has 6 nitrogen and oxygen atoms in total. The molecular weight excluding hydrogens is 320 g/mol. The van der Waals surface area contributed by atoms with Crippen LogP contribution in [0.4, 0.5) is 5.69 Å². The summed E-state index contributed by atoms with van der Waals surface area (Å²) in [5.74, 6) is 0.0189. The van der Waals surface area contributed by atoms with Crippen LogP contribution in [0, 0.1) is 10.1 Å². The van der Waals surface area contributed by atoms with Gasteiger partial charge in [-0.2, -0.15) is 0 Å². The molecule has 23 heavy (non-hydrogen) atoms. The number of nitro benzene ring substituents is 1. The summed E-state index contributed by atoms with van der Waals surface area (Å²) in [5, 5.41) is 13.6. The van der Waals surface area contributed by atoms with Crippen LogP contribution in [-0.4, -0.2) is 23.5 Å². The fraction of sp³-hybridized carbons (Fsp3) is 0.562. The molecule has 1 amide bonds. The number of non-ortho nitro benzene ring substituents is 1. The van der Waals surface area contributed by atoms with Crippen molar-refractivity contribution in [2.24, 2.45) is 0 Å². The highest BCUT2D eigenvalue weighted by Crippen LogP contribution is 2.28. The van der Waals surface area contributed by atoms with Gasteiger partial charge < -0.3 is 10.1 Å². The number of hydrogen-bond acceptors (Lipinski definition) is 4. The standard InChI is InChI=1S/C16H23ClN2O4/c1-3-4-5-6-7-12(2)18-16(20)11-23-15-9-8-13(19(21)22)10-14(15)17/h8-10,12H,3-7,11H2,1-2H3,(H,18,20)/t12-/m1/s1. The van der Waals surface area contributed by atoms with E-state index in [1.165, 1.54) is 37.5 Å². The summed E-state index contributed by atoms with van der Waals surface area (Å²) in [6, 6.07) is 3.97. The van der Waals surface area contributed by atoms with E-state index in [0.717, 1.165) is 12.8 Å². The fourth-order valence-corrected chi connectivity index (χ4v) is 2.36. The van der Waals surface area contributed by atoms with Gasteiger partial charge in [0.25, 0.3) is 11.6 Å². The molecule has 0 aliphatic heterocycles. The molecule has 1 atom stereocenters. The van der Waals surface area contributed by atoms with Crippen LogP contribution in [0.5, 0.6) is 5.75 Å². The number of nitro groups is 1. The number of carbonyl (C=O) groups is 1. The lowest BCUT2D eigenvalue weighted by Gasteiger charge is -2.14. The van der Waals surface area contributed by atoms with Crippen LogP contribution in [0.3, 0.4) is 0 Å². The zero-order chi connectivity index (χ0) is 17.2. The van der Waals surface area contributed by atoms with Crippen molar-refractivity contribution in [2.45, 2.75) is 52.0 Å². The van der Waals surface area contributed by atoms with Gasteiger partial charge in [-0.05, 0) is 19.4 Å². The topological polar surface area (TPSA) is 81.5 Å². The molecule has 1 rings (SSSR count). The van der Waals surface area contributed by atoms with Gasteiger partial charge in [-0.1, -0.05) is 44.2 Å². The summed E-state index contributed by atoms with van der Waals surface area (Å²) in [4.78, 5) is 21.9. The van der Waals surface area contributed by atoms with Crippen molar-refractivity contribution in [1.29, 1.82) is 0 Å². The first-order valence-electron chi connectivity index (χ1n) is 7.80. The normalized spacial score (nSPS) is 11.8. The average molecular weight is 343 g/mol. The van der Waals surface area contributed by atoms with Crippen molar-refractivity contribution in [1.82, 2.24) is 5.32 Å². The Kier molecular flexibility index (Phi) is 8.40. The van der Waals surface area contributed by atoms with Gasteiger partial charge in [0.1, 0.15) is 5.75 Å². The second-order valence-electron chi connectivity index (χ2n) is 5.48. The van der Waals surface area contributed by atoms with E-state index >= 15 is 0 Å². The first-order chi connectivity index (χ1) is 10.9. The molecule has 0 fully saturated rings. The Hall–Kier alpha value is -1.82. The lowest BCUT2D eigenvalue weighted by molar-refractivity contribution is -0.384. The van der Waals surface area contributed by atoms with Crippen LogP contribution in [0.15, 0.2) is 18.2 Å². The molecule has 1 aromatic carbocycles. The molecule has 0 bridgehead atoms. The van der Waals surface area contributed by atoms with Crippen molar-refractivity contribution in [3.8, 4) is 5.75 Å². The van der Waals surface area contributed by atoms with E-state index in [4.69, 9.17) is 16.3 Å². The quantitative estimate of drug-likeness (QED) is 0.394. The summed E-state index contributed by atoms with van der Waals surface area (Å²) in [6.07, 6.45) is 5.59. The molecule has 0 unspecified atom stereocenters. The van der Waals surface area contributed by atoms with E-state index in [9.17, 15) is 14.9 Å². The van der Waals surface area contributed by atoms with Crippen LogP contribution in [0.2, 0.25) is 5.02 Å². The molecule has 1 aromatic rings. The van der Waals surface area contributed by atoms with Gasteiger partial charge >= 0.3 is 0 Å². The molecule has 0 heterocycles. The monoisotopic (exact) mass is 342 g/mol. The maximum Gasteiger partial charge on any atom is 0.271 e. The number of rotatable bonds is 10. The van der Waals surface area contributed by atoms with Crippen LogP contribution in [-0.2, 0) is 4.79 Å². The third-order valence-electron chi connectivity index (χ3n) is 3.38. The Morgan fingerprint density at radius 1 is 1.39 bits per heavy atom. The second kappa shape index (κ2) is 10.0. The smallest absolute Gasteiger partial charge is 0.271 e. The maximum atomic E-state index is 11.8. The zero-order valence-corrected chi connectivity index (χ0v) is 14.3. The average Bonchev–Trinajstić information content (AvgIpc) is 2.50. The fourth-order valence-electron chi connectivity index (χ4n) is 2.13. The third-order valence-corrected chi connectivity index (χ3v) is 3.68.